The third-order valence-electron chi connectivity index (χ3n) is 1.73. The van der Waals surface area contributed by atoms with E-state index in [0.29, 0.717) is 0 Å². The van der Waals surface area contributed by atoms with Gasteiger partial charge in [0, 0.05) is 0 Å². The van der Waals surface area contributed by atoms with Crippen molar-refractivity contribution in [3.63, 3.8) is 0 Å². The zero-order valence-corrected chi connectivity index (χ0v) is 11.6. The summed E-state index contributed by atoms with van der Waals surface area (Å²) in [7, 11) is 0. The first-order valence-electron chi connectivity index (χ1n) is 3.80. The fourth-order valence-corrected chi connectivity index (χ4v) is 3.02. The zero-order chi connectivity index (χ0) is 9.50. The molecule has 0 aliphatic heterocycles. The number of rotatable bonds is 0. The van der Waals surface area contributed by atoms with Crippen molar-refractivity contribution in [3.8, 4) is 0 Å². The summed E-state index contributed by atoms with van der Waals surface area (Å²) in [6, 6.07) is 0. The molecule has 0 bridgehead atoms. The van der Waals surface area contributed by atoms with Crippen LogP contribution >= 0.6 is 16.1 Å². The molecule has 0 aromatic heterocycles. The van der Waals surface area contributed by atoms with E-state index < -0.39 is 4.86 Å². The number of hydrogen-bond donors (Lipinski definition) is 0. The molecule has 0 aromatic rings. The van der Waals surface area contributed by atoms with Crippen molar-refractivity contribution in [1.29, 1.82) is 0 Å². The van der Waals surface area contributed by atoms with Gasteiger partial charge in [-0.1, -0.05) is 0 Å². The first-order valence-corrected chi connectivity index (χ1v) is 8.71. The molecule has 0 amide bonds. The molecule has 3 heteroatoms. The summed E-state index contributed by atoms with van der Waals surface area (Å²) in [5.41, 5.74) is 0. The van der Waals surface area contributed by atoms with Gasteiger partial charge in [0.15, 0.2) is 0 Å². The summed E-state index contributed by atoms with van der Waals surface area (Å²) >= 11 is 9.75. The first-order chi connectivity index (χ1) is 4.50. The van der Waals surface area contributed by atoms with E-state index in [2.05, 4.69) is 56.6 Å². The van der Waals surface area contributed by atoms with Gasteiger partial charge in [0.05, 0.1) is 0 Å². The van der Waals surface area contributed by atoms with Gasteiger partial charge in [0.2, 0.25) is 0 Å². The second-order valence-corrected chi connectivity index (χ2v) is 15.0. The van der Waals surface area contributed by atoms with Crippen LogP contribution in [0.5, 0.6) is 0 Å². The van der Waals surface area contributed by atoms with Crippen molar-refractivity contribution >= 4 is 31.2 Å². The molecule has 0 fully saturated rings. The Hall–Kier alpha value is 1.24. The van der Waals surface area contributed by atoms with E-state index >= 15 is 0 Å². The Kier molecular flexibility index (Phi) is 3.54. The van der Waals surface area contributed by atoms with Crippen molar-refractivity contribution < 1.29 is 0 Å². The van der Waals surface area contributed by atoms with Crippen LogP contribution in [0.2, 0.25) is 0 Å². The third-order valence-corrected chi connectivity index (χ3v) is 15.1. The molecule has 0 heterocycles. The summed E-state index contributed by atoms with van der Waals surface area (Å²) in [6.07, 6.45) is 0. The topological polar surface area (TPSA) is 0 Å². The summed E-state index contributed by atoms with van der Waals surface area (Å²) in [5, 5.41) is 0.402. The minimum atomic E-state index is -1.46. The van der Waals surface area contributed by atoms with Crippen molar-refractivity contribution in [3.05, 3.63) is 0 Å². The van der Waals surface area contributed by atoms with E-state index in [1.165, 1.54) is 0 Å². The van der Waals surface area contributed by atoms with Crippen LogP contribution in [0.1, 0.15) is 41.5 Å². The summed E-state index contributed by atoms with van der Waals surface area (Å²) < 4.78 is 0. The van der Waals surface area contributed by atoms with Crippen LogP contribution in [0.3, 0.4) is 0 Å². The van der Waals surface area contributed by atoms with Crippen LogP contribution in [0.15, 0.2) is 0 Å². The summed E-state index contributed by atoms with van der Waals surface area (Å²) in [4.78, 5) is -1.46. The molecule has 0 saturated heterocycles. The fourth-order valence-electron chi connectivity index (χ4n) is 1.01. The van der Waals surface area contributed by atoms with Crippen LogP contribution in [0.25, 0.3) is 0 Å². The van der Waals surface area contributed by atoms with E-state index in [-0.39, 0.29) is 10.3 Å². The standard InChI is InChI=1S/C8H18ClPSe/c1-7(2,3)10(9,11)8(4,5)6/h1-6H3. The van der Waals surface area contributed by atoms with Crippen molar-refractivity contribution in [2.45, 2.75) is 51.9 Å². The van der Waals surface area contributed by atoms with E-state index in [9.17, 15) is 0 Å². The third kappa shape index (κ3) is 2.59. The van der Waals surface area contributed by atoms with E-state index in [1.807, 2.05) is 0 Å². The molecule has 0 aromatic carbocycles. The molecule has 0 rings (SSSR count). The molecule has 0 nitrogen and oxygen atoms in total. The van der Waals surface area contributed by atoms with E-state index in [1.54, 1.807) is 0 Å². The Morgan fingerprint density at radius 3 is 1.09 bits per heavy atom. The normalized spacial score (nSPS) is 15.2. The van der Waals surface area contributed by atoms with Gasteiger partial charge in [-0.2, -0.15) is 0 Å². The molecule has 0 radical (unpaired) electrons. The molecule has 0 N–H and O–H groups in total. The van der Waals surface area contributed by atoms with Gasteiger partial charge >= 0.3 is 83.1 Å². The van der Waals surface area contributed by atoms with Gasteiger partial charge in [0.25, 0.3) is 0 Å². The quantitative estimate of drug-likeness (QED) is 0.458. The van der Waals surface area contributed by atoms with Crippen LogP contribution in [0, 0.1) is 0 Å². The van der Waals surface area contributed by atoms with Crippen LogP contribution in [-0.2, 0) is 0 Å². The second kappa shape index (κ2) is 3.18. The van der Waals surface area contributed by atoms with Gasteiger partial charge in [-0.05, 0) is 0 Å². The second-order valence-electron chi connectivity index (χ2n) is 4.87. The van der Waals surface area contributed by atoms with Gasteiger partial charge in [0.1, 0.15) is 0 Å². The average Bonchev–Trinajstić information content (AvgIpc) is 1.58. The molecular weight excluding hydrogens is 241 g/mol. The summed E-state index contributed by atoms with van der Waals surface area (Å²) in [5.74, 6) is 0. The van der Waals surface area contributed by atoms with Gasteiger partial charge in [-0.15, -0.1) is 0 Å². The average molecular weight is 260 g/mol. The number of hydrogen-bond acceptors (Lipinski definition) is 0. The zero-order valence-electron chi connectivity index (χ0n) is 8.23. The Morgan fingerprint density at radius 1 is 0.909 bits per heavy atom. The predicted octanol–water partition coefficient (Wildman–Crippen LogP) is 3.84. The molecule has 68 valence electrons. The molecule has 0 spiro atoms. The van der Waals surface area contributed by atoms with Crippen LogP contribution < -0.4 is 0 Å². The van der Waals surface area contributed by atoms with Crippen molar-refractivity contribution in [2.75, 3.05) is 0 Å². The Morgan fingerprint density at radius 2 is 1.09 bits per heavy atom. The maximum atomic E-state index is 6.54. The van der Waals surface area contributed by atoms with Crippen molar-refractivity contribution in [2.24, 2.45) is 0 Å². The molecule has 0 aliphatic carbocycles. The van der Waals surface area contributed by atoms with E-state index in [0.717, 1.165) is 0 Å². The molecule has 0 saturated carbocycles. The van der Waals surface area contributed by atoms with Crippen LogP contribution in [-0.4, -0.2) is 25.4 Å². The Labute approximate surface area is 83.1 Å². The molecular formula is C8H18ClPSe. The van der Waals surface area contributed by atoms with Crippen molar-refractivity contribution in [1.82, 2.24) is 0 Å². The molecule has 11 heavy (non-hydrogen) atoms. The minimum absolute atomic E-state index is 0.201. The molecule has 0 unspecified atom stereocenters. The molecule has 0 aliphatic rings. The number of halogens is 1. The monoisotopic (exact) mass is 260 g/mol. The maximum absolute atomic E-state index is 6.54. The van der Waals surface area contributed by atoms with Gasteiger partial charge in [-0.3, -0.25) is 0 Å². The van der Waals surface area contributed by atoms with E-state index in [4.69, 9.17) is 11.2 Å². The SMILES string of the molecule is CC(C)(C)P(Cl)(=[Se])C(C)(C)C. The van der Waals surface area contributed by atoms with Gasteiger partial charge < -0.3 is 0 Å². The first kappa shape index (κ1) is 12.2. The molecule has 0 atom stereocenters. The Bertz CT molecular complexity index is 167. The summed E-state index contributed by atoms with van der Waals surface area (Å²) in [6.45, 7) is 13.2. The van der Waals surface area contributed by atoms with Crippen LogP contribution in [0.4, 0.5) is 0 Å². The predicted molar refractivity (Wildman–Crippen MR) is 58.0 cm³/mol. The van der Waals surface area contributed by atoms with Gasteiger partial charge in [-0.25, -0.2) is 0 Å². The fraction of sp³-hybridized carbons (Fsp3) is 1.00. The Balaban J connectivity index is 4.92.